The SMILES string of the molecule is COCCN(CCNC(C)c1ccn[nH]1)C(=O)OC(C)(C)C. The maximum absolute atomic E-state index is 12.2. The molecule has 0 bridgehead atoms. The van der Waals surface area contributed by atoms with E-state index in [1.807, 2.05) is 33.8 Å². The lowest BCUT2D eigenvalue weighted by Gasteiger charge is -2.27. The van der Waals surface area contributed by atoms with Gasteiger partial charge in [0.15, 0.2) is 0 Å². The van der Waals surface area contributed by atoms with Crippen LogP contribution in [0.5, 0.6) is 0 Å². The van der Waals surface area contributed by atoms with Crippen LogP contribution in [0.25, 0.3) is 0 Å². The third-order valence-electron chi connectivity index (χ3n) is 3.04. The maximum atomic E-state index is 12.2. The molecule has 126 valence electrons. The first kappa shape index (κ1) is 18.4. The van der Waals surface area contributed by atoms with E-state index < -0.39 is 5.60 Å². The van der Waals surface area contributed by atoms with Gasteiger partial charge in [-0.05, 0) is 33.8 Å². The van der Waals surface area contributed by atoms with E-state index in [9.17, 15) is 4.79 Å². The summed E-state index contributed by atoms with van der Waals surface area (Å²) in [4.78, 5) is 13.8. The molecule has 0 fully saturated rings. The molecule has 1 amide bonds. The highest BCUT2D eigenvalue weighted by Crippen LogP contribution is 2.10. The number of rotatable bonds is 8. The van der Waals surface area contributed by atoms with Crippen molar-refractivity contribution in [2.75, 3.05) is 33.4 Å². The average Bonchev–Trinajstić information content (AvgIpc) is 2.94. The van der Waals surface area contributed by atoms with Crippen molar-refractivity contribution in [3.63, 3.8) is 0 Å². The summed E-state index contributed by atoms with van der Waals surface area (Å²) < 4.78 is 10.5. The second-order valence-electron chi connectivity index (χ2n) is 6.15. The molecule has 0 aliphatic heterocycles. The highest BCUT2D eigenvalue weighted by Gasteiger charge is 2.21. The number of nitrogens with zero attached hydrogens (tertiary/aromatic N) is 2. The summed E-state index contributed by atoms with van der Waals surface area (Å²) in [5.41, 5.74) is 0.514. The zero-order valence-electron chi connectivity index (χ0n) is 14.2. The number of nitrogens with one attached hydrogen (secondary N) is 2. The summed E-state index contributed by atoms with van der Waals surface area (Å²) in [5, 5.41) is 10.2. The Morgan fingerprint density at radius 3 is 2.73 bits per heavy atom. The van der Waals surface area contributed by atoms with Gasteiger partial charge in [-0.3, -0.25) is 5.10 Å². The van der Waals surface area contributed by atoms with Gasteiger partial charge in [-0.1, -0.05) is 0 Å². The fraction of sp³-hybridized carbons (Fsp3) is 0.733. The van der Waals surface area contributed by atoms with Gasteiger partial charge in [0.2, 0.25) is 0 Å². The number of aromatic amines is 1. The van der Waals surface area contributed by atoms with E-state index in [1.165, 1.54) is 0 Å². The molecule has 7 heteroatoms. The van der Waals surface area contributed by atoms with Gasteiger partial charge in [-0.15, -0.1) is 0 Å². The van der Waals surface area contributed by atoms with E-state index >= 15 is 0 Å². The number of carbonyl (C=O) groups is 1. The van der Waals surface area contributed by atoms with E-state index in [1.54, 1.807) is 18.2 Å². The summed E-state index contributed by atoms with van der Waals surface area (Å²) >= 11 is 0. The molecule has 22 heavy (non-hydrogen) atoms. The maximum Gasteiger partial charge on any atom is 0.410 e. The van der Waals surface area contributed by atoms with Gasteiger partial charge in [0.1, 0.15) is 5.60 Å². The van der Waals surface area contributed by atoms with Crippen LogP contribution in [0.4, 0.5) is 4.79 Å². The summed E-state index contributed by atoms with van der Waals surface area (Å²) in [6, 6.07) is 2.07. The number of H-pyrrole nitrogens is 1. The summed E-state index contributed by atoms with van der Waals surface area (Å²) in [6.45, 7) is 9.81. The van der Waals surface area contributed by atoms with Crippen molar-refractivity contribution in [3.05, 3.63) is 18.0 Å². The van der Waals surface area contributed by atoms with E-state index in [4.69, 9.17) is 9.47 Å². The second kappa shape index (κ2) is 8.75. The van der Waals surface area contributed by atoms with Crippen LogP contribution in [0.1, 0.15) is 39.4 Å². The summed E-state index contributed by atoms with van der Waals surface area (Å²) in [7, 11) is 1.62. The van der Waals surface area contributed by atoms with Gasteiger partial charge in [0.25, 0.3) is 0 Å². The molecule has 0 radical (unpaired) electrons. The van der Waals surface area contributed by atoms with Crippen LogP contribution in [-0.4, -0.2) is 60.1 Å². The fourth-order valence-corrected chi connectivity index (χ4v) is 1.86. The van der Waals surface area contributed by atoms with Gasteiger partial charge >= 0.3 is 6.09 Å². The number of hydrogen-bond donors (Lipinski definition) is 2. The molecule has 1 aromatic heterocycles. The molecule has 2 N–H and O–H groups in total. The second-order valence-corrected chi connectivity index (χ2v) is 6.15. The Morgan fingerprint density at radius 2 is 2.18 bits per heavy atom. The molecule has 0 aliphatic carbocycles. The minimum absolute atomic E-state index is 0.144. The molecular weight excluding hydrogens is 284 g/mol. The quantitative estimate of drug-likeness (QED) is 0.767. The molecule has 0 aromatic carbocycles. The molecule has 0 saturated carbocycles. The van der Waals surface area contributed by atoms with Crippen molar-refractivity contribution in [3.8, 4) is 0 Å². The Hall–Kier alpha value is -1.60. The van der Waals surface area contributed by atoms with E-state index in [0.29, 0.717) is 26.2 Å². The van der Waals surface area contributed by atoms with Crippen molar-refractivity contribution in [1.82, 2.24) is 20.4 Å². The van der Waals surface area contributed by atoms with Gasteiger partial charge in [0, 0.05) is 39.0 Å². The highest BCUT2D eigenvalue weighted by atomic mass is 16.6. The van der Waals surface area contributed by atoms with Gasteiger partial charge in [0.05, 0.1) is 12.3 Å². The molecule has 0 aliphatic rings. The third-order valence-corrected chi connectivity index (χ3v) is 3.04. The van der Waals surface area contributed by atoms with Crippen molar-refractivity contribution in [2.45, 2.75) is 39.3 Å². The average molecular weight is 312 g/mol. The topological polar surface area (TPSA) is 79.5 Å². The van der Waals surface area contributed by atoms with Gasteiger partial charge in [-0.2, -0.15) is 5.10 Å². The van der Waals surface area contributed by atoms with Gasteiger partial charge < -0.3 is 19.7 Å². The van der Waals surface area contributed by atoms with Crippen molar-refractivity contribution in [2.24, 2.45) is 0 Å². The summed E-state index contributed by atoms with van der Waals surface area (Å²) in [6.07, 6.45) is 1.40. The van der Waals surface area contributed by atoms with E-state index in [0.717, 1.165) is 5.69 Å². The number of amides is 1. The Balaban J connectivity index is 2.45. The minimum atomic E-state index is -0.501. The van der Waals surface area contributed by atoms with Crippen LogP contribution < -0.4 is 5.32 Å². The van der Waals surface area contributed by atoms with E-state index in [-0.39, 0.29) is 12.1 Å². The summed E-state index contributed by atoms with van der Waals surface area (Å²) in [5.74, 6) is 0. The van der Waals surface area contributed by atoms with Crippen LogP contribution in [-0.2, 0) is 9.47 Å². The molecule has 1 unspecified atom stereocenters. The van der Waals surface area contributed by atoms with E-state index in [2.05, 4.69) is 15.5 Å². The van der Waals surface area contributed by atoms with Crippen LogP contribution in [0, 0.1) is 0 Å². The van der Waals surface area contributed by atoms with Crippen LogP contribution in [0.2, 0.25) is 0 Å². The monoisotopic (exact) mass is 312 g/mol. The molecule has 1 atom stereocenters. The Labute approximate surface area is 132 Å². The zero-order valence-corrected chi connectivity index (χ0v) is 14.2. The molecule has 1 heterocycles. The third kappa shape index (κ3) is 6.91. The first-order valence-corrected chi connectivity index (χ1v) is 7.53. The minimum Gasteiger partial charge on any atom is -0.444 e. The highest BCUT2D eigenvalue weighted by molar-refractivity contribution is 5.68. The number of hydrogen-bond acceptors (Lipinski definition) is 5. The van der Waals surface area contributed by atoms with Crippen molar-refractivity contribution in [1.29, 1.82) is 0 Å². The fourth-order valence-electron chi connectivity index (χ4n) is 1.86. The lowest BCUT2D eigenvalue weighted by atomic mass is 10.2. The first-order chi connectivity index (χ1) is 10.3. The zero-order chi connectivity index (χ0) is 16.6. The Kier molecular flexibility index (Phi) is 7.34. The predicted molar refractivity (Wildman–Crippen MR) is 84.7 cm³/mol. The van der Waals surface area contributed by atoms with Crippen LogP contribution in [0.15, 0.2) is 12.3 Å². The largest absolute Gasteiger partial charge is 0.444 e. The lowest BCUT2D eigenvalue weighted by molar-refractivity contribution is 0.0203. The smallest absolute Gasteiger partial charge is 0.410 e. The number of carbonyl (C=O) groups excluding carboxylic acids is 1. The first-order valence-electron chi connectivity index (χ1n) is 7.53. The normalized spacial score (nSPS) is 13.0. The number of methoxy groups -OCH3 is 1. The Morgan fingerprint density at radius 1 is 1.45 bits per heavy atom. The van der Waals surface area contributed by atoms with Gasteiger partial charge in [-0.25, -0.2) is 4.79 Å². The Bertz CT molecular complexity index is 428. The molecular formula is C15H28N4O3. The predicted octanol–water partition coefficient (Wildman–Crippen LogP) is 1.94. The number of aromatic nitrogens is 2. The standard InChI is InChI=1S/C15H28N4O3/c1-12(13-6-7-17-18-13)16-8-9-19(10-11-21-5)14(20)22-15(2,3)4/h6-7,12,16H,8-11H2,1-5H3,(H,17,18). The molecule has 0 saturated heterocycles. The lowest BCUT2D eigenvalue weighted by Crippen LogP contribution is -2.42. The van der Waals surface area contributed by atoms with Crippen LogP contribution in [0.3, 0.4) is 0 Å². The van der Waals surface area contributed by atoms with Crippen molar-refractivity contribution < 1.29 is 14.3 Å². The number of ether oxygens (including phenoxy) is 2. The molecule has 1 rings (SSSR count). The van der Waals surface area contributed by atoms with Crippen LogP contribution >= 0.6 is 0 Å². The molecule has 0 spiro atoms. The van der Waals surface area contributed by atoms with Crippen molar-refractivity contribution >= 4 is 6.09 Å². The molecule has 1 aromatic rings. The molecule has 7 nitrogen and oxygen atoms in total.